The van der Waals surface area contributed by atoms with Gasteiger partial charge in [-0.05, 0) is 19.8 Å². The Bertz CT molecular complexity index is 452. The maximum atomic E-state index is 4.93. The molecular weight excluding hydrogens is 244 g/mol. The van der Waals surface area contributed by atoms with Crippen molar-refractivity contribution in [3.63, 3.8) is 0 Å². The Balaban J connectivity index is 1.72. The van der Waals surface area contributed by atoms with Crippen molar-refractivity contribution in [1.29, 1.82) is 0 Å². The van der Waals surface area contributed by atoms with Crippen LogP contribution < -0.4 is 5.32 Å². The topological polar surface area (TPSA) is 42.2 Å². The van der Waals surface area contributed by atoms with E-state index in [0.717, 1.165) is 22.4 Å². The first-order valence-corrected chi connectivity index (χ1v) is 7.66. The molecule has 1 aliphatic carbocycles. The highest BCUT2D eigenvalue weighted by molar-refractivity contribution is 8.14. The average Bonchev–Trinajstić information content (AvgIpc) is 2.86. The zero-order valence-electron chi connectivity index (χ0n) is 11.1. The van der Waals surface area contributed by atoms with Crippen LogP contribution in [0.3, 0.4) is 0 Å². The Kier molecular flexibility index (Phi) is 3.09. The second kappa shape index (κ2) is 4.61. The average molecular weight is 264 g/mol. The second-order valence-corrected chi connectivity index (χ2v) is 6.37. The molecule has 1 N–H and O–H groups in total. The molecule has 0 saturated heterocycles. The van der Waals surface area contributed by atoms with Gasteiger partial charge in [-0.2, -0.15) is 5.10 Å². The summed E-state index contributed by atoms with van der Waals surface area (Å²) in [6.07, 6.45) is 6.56. The van der Waals surface area contributed by atoms with Gasteiger partial charge in [-0.1, -0.05) is 31.0 Å². The Labute approximate surface area is 112 Å². The molecule has 3 rings (SSSR count). The number of amidine groups is 1. The molecule has 1 aromatic heterocycles. The molecule has 5 heteroatoms. The summed E-state index contributed by atoms with van der Waals surface area (Å²) in [7, 11) is 1.97. The van der Waals surface area contributed by atoms with Crippen LogP contribution in [0.25, 0.3) is 0 Å². The maximum Gasteiger partial charge on any atom is 0.162 e. The molecule has 1 spiro atoms. The van der Waals surface area contributed by atoms with Crippen molar-refractivity contribution in [2.24, 2.45) is 12.0 Å². The Hall–Kier alpha value is -0.970. The number of hydrogen-bond donors (Lipinski definition) is 1. The lowest BCUT2D eigenvalue weighted by atomic mass is 9.84. The van der Waals surface area contributed by atoms with E-state index in [-0.39, 0.29) is 5.54 Å². The van der Waals surface area contributed by atoms with E-state index >= 15 is 0 Å². The van der Waals surface area contributed by atoms with Gasteiger partial charge in [-0.15, -0.1) is 0 Å². The van der Waals surface area contributed by atoms with E-state index in [0.29, 0.717) is 0 Å². The summed E-state index contributed by atoms with van der Waals surface area (Å²) in [6.45, 7) is 2.06. The number of hydrogen-bond acceptors (Lipinski definition) is 4. The van der Waals surface area contributed by atoms with Gasteiger partial charge in [-0.25, -0.2) is 0 Å². The number of aliphatic imine (C=N–C) groups is 1. The van der Waals surface area contributed by atoms with Crippen molar-refractivity contribution in [2.75, 3.05) is 11.1 Å². The maximum absolute atomic E-state index is 4.93. The van der Waals surface area contributed by atoms with Gasteiger partial charge >= 0.3 is 0 Å². The molecule has 2 heterocycles. The second-order valence-electron chi connectivity index (χ2n) is 5.41. The van der Waals surface area contributed by atoms with Crippen molar-refractivity contribution in [2.45, 2.75) is 44.6 Å². The number of aromatic nitrogens is 2. The number of nitrogens with one attached hydrogen (secondary N) is 1. The highest BCUT2D eigenvalue weighted by Gasteiger charge is 2.36. The zero-order chi connectivity index (χ0) is 12.6. The fraction of sp³-hybridized carbons (Fsp3) is 0.692. The smallest absolute Gasteiger partial charge is 0.162 e. The predicted octanol–water partition coefficient (Wildman–Crippen LogP) is 2.95. The van der Waals surface area contributed by atoms with Gasteiger partial charge in [0.15, 0.2) is 11.0 Å². The first-order chi connectivity index (χ1) is 8.67. The van der Waals surface area contributed by atoms with Crippen molar-refractivity contribution >= 4 is 22.7 Å². The molecule has 4 nitrogen and oxygen atoms in total. The van der Waals surface area contributed by atoms with Gasteiger partial charge < -0.3 is 5.32 Å². The highest BCUT2D eigenvalue weighted by Crippen LogP contribution is 2.39. The van der Waals surface area contributed by atoms with Gasteiger partial charge in [0.2, 0.25) is 0 Å². The van der Waals surface area contributed by atoms with E-state index in [1.165, 1.54) is 32.1 Å². The van der Waals surface area contributed by atoms with Gasteiger partial charge in [0, 0.05) is 24.6 Å². The van der Waals surface area contributed by atoms with Gasteiger partial charge in [0.1, 0.15) is 0 Å². The van der Waals surface area contributed by atoms with Crippen LogP contribution in [0.5, 0.6) is 0 Å². The highest BCUT2D eigenvalue weighted by atomic mass is 32.2. The first kappa shape index (κ1) is 12.1. The minimum Gasteiger partial charge on any atom is -0.318 e. The van der Waals surface area contributed by atoms with Crippen molar-refractivity contribution in [1.82, 2.24) is 9.78 Å². The third-order valence-electron chi connectivity index (χ3n) is 3.95. The van der Waals surface area contributed by atoms with Crippen molar-refractivity contribution in [3.8, 4) is 0 Å². The Morgan fingerprint density at radius 2 is 2.11 bits per heavy atom. The molecule has 0 atom stereocenters. The van der Waals surface area contributed by atoms with E-state index in [9.17, 15) is 0 Å². The summed E-state index contributed by atoms with van der Waals surface area (Å²) in [6, 6.07) is 2.06. The van der Waals surface area contributed by atoms with Crippen LogP contribution in [-0.4, -0.2) is 26.2 Å². The molecule has 1 fully saturated rings. The lowest BCUT2D eigenvalue weighted by Gasteiger charge is -2.29. The minimum absolute atomic E-state index is 0.231. The molecule has 1 aliphatic heterocycles. The van der Waals surface area contributed by atoms with Crippen molar-refractivity contribution < 1.29 is 0 Å². The fourth-order valence-corrected chi connectivity index (χ4v) is 3.94. The lowest BCUT2D eigenvalue weighted by molar-refractivity contribution is 0.335. The van der Waals surface area contributed by atoms with Crippen LogP contribution in [0.2, 0.25) is 0 Å². The molecular formula is C13H20N4S. The minimum atomic E-state index is 0.231. The summed E-state index contributed by atoms with van der Waals surface area (Å²) in [4.78, 5) is 4.93. The number of anilines is 1. The summed E-state index contributed by atoms with van der Waals surface area (Å²) in [5, 5.41) is 8.82. The number of aryl methyl sites for hydroxylation is 2. The third kappa shape index (κ3) is 2.28. The molecule has 98 valence electrons. The van der Waals surface area contributed by atoms with Crippen LogP contribution in [0, 0.1) is 6.92 Å². The largest absolute Gasteiger partial charge is 0.318 e. The summed E-state index contributed by atoms with van der Waals surface area (Å²) in [5.74, 6) is 2.05. The van der Waals surface area contributed by atoms with Crippen molar-refractivity contribution in [3.05, 3.63) is 11.8 Å². The van der Waals surface area contributed by atoms with Crippen LogP contribution >= 0.6 is 11.8 Å². The number of nitrogens with zero attached hydrogens (tertiary/aromatic N) is 3. The molecule has 0 unspecified atom stereocenters. The van der Waals surface area contributed by atoms with Gasteiger partial charge in [0.05, 0.1) is 5.54 Å². The van der Waals surface area contributed by atoms with E-state index in [1.54, 1.807) is 0 Å². The fourth-order valence-electron chi connectivity index (χ4n) is 2.74. The van der Waals surface area contributed by atoms with Crippen LogP contribution in [0.15, 0.2) is 11.1 Å². The lowest BCUT2D eigenvalue weighted by Crippen LogP contribution is -2.29. The number of thioether (sulfide) groups is 1. The zero-order valence-corrected chi connectivity index (χ0v) is 11.9. The molecule has 0 aromatic carbocycles. The molecule has 1 saturated carbocycles. The van der Waals surface area contributed by atoms with Crippen LogP contribution in [0.1, 0.15) is 37.8 Å². The molecule has 0 amide bonds. The molecule has 1 aromatic rings. The summed E-state index contributed by atoms with van der Waals surface area (Å²) in [5.41, 5.74) is 1.39. The monoisotopic (exact) mass is 264 g/mol. The SMILES string of the molecule is Cc1cc(NC2=NC3(CCCCC3)CS2)nn1C. The van der Waals surface area contributed by atoms with Gasteiger partial charge in [0.25, 0.3) is 0 Å². The van der Waals surface area contributed by atoms with E-state index in [1.807, 2.05) is 23.5 Å². The molecule has 18 heavy (non-hydrogen) atoms. The Morgan fingerprint density at radius 3 is 2.78 bits per heavy atom. The van der Waals surface area contributed by atoms with Crippen LogP contribution in [-0.2, 0) is 7.05 Å². The predicted molar refractivity (Wildman–Crippen MR) is 77.3 cm³/mol. The molecule has 0 radical (unpaired) electrons. The van der Waals surface area contributed by atoms with E-state index < -0.39 is 0 Å². The third-order valence-corrected chi connectivity index (χ3v) is 5.10. The summed E-state index contributed by atoms with van der Waals surface area (Å²) >= 11 is 1.85. The quantitative estimate of drug-likeness (QED) is 0.848. The number of rotatable bonds is 1. The van der Waals surface area contributed by atoms with Crippen LogP contribution in [0.4, 0.5) is 5.82 Å². The normalized spacial score (nSPS) is 22.2. The van der Waals surface area contributed by atoms with E-state index in [2.05, 4.69) is 23.4 Å². The summed E-state index contributed by atoms with van der Waals surface area (Å²) < 4.78 is 1.89. The Morgan fingerprint density at radius 1 is 1.33 bits per heavy atom. The molecule has 0 bridgehead atoms. The molecule has 2 aliphatic rings. The van der Waals surface area contributed by atoms with E-state index in [4.69, 9.17) is 4.99 Å². The standard InChI is InChI=1S/C13H20N4S/c1-10-8-11(16-17(10)2)14-12-15-13(9-18-12)6-4-3-5-7-13/h8H,3-7,9H2,1-2H3,(H,14,15,16). The van der Waals surface area contributed by atoms with Gasteiger partial charge in [-0.3, -0.25) is 9.67 Å². The first-order valence-electron chi connectivity index (χ1n) is 6.67.